The predicted molar refractivity (Wildman–Crippen MR) is 130 cm³/mol. The van der Waals surface area contributed by atoms with Gasteiger partial charge in [0.1, 0.15) is 18.2 Å². The average molecular weight is 457 g/mol. The van der Waals surface area contributed by atoms with Crippen LogP contribution in [-0.4, -0.2) is 52.7 Å². The van der Waals surface area contributed by atoms with Gasteiger partial charge in [0, 0.05) is 35.2 Å². The molecule has 0 unspecified atom stereocenters. The molecule has 2 aromatic heterocycles. The van der Waals surface area contributed by atoms with Crippen molar-refractivity contribution in [2.24, 2.45) is 0 Å². The summed E-state index contributed by atoms with van der Waals surface area (Å²) in [6.07, 6.45) is 1.77. The maximum Gasteiger partial charge on any atom is 0.162 e. The summed E-state index contributed by atoms with van der Waals surface area (Å²) in [6.45, 7) is 0.824. The number of phenolic OH excluding ortho intramolecular Hbond substituents is 1. The standard InChI is InChI=1S/C25H23N5O4/c1-32-8-9-34-23-12-19-21(13-22(23)33-2)28-24(15-4-3-5-18(31)11-15)29-25(19)27-17-6-7-20-16(10-17)14-26-30-20/h3-7,10-14,31H,8-9H2,1-2H3,(H,26,30)(H,27,28,29). The monoisotopic (exact) mass is 457 g/mol. The Morgan fingerprint density at radius 3 is 2.71 bits per heavy atom. The number of hydrogen-bond donors (Lipinski definition) is 3. The number of nitrogens with one attached hydrogen (secondary N) is 2. The second kappa shape index (κ2) is 9.24. The number of methoxy groups -OCH3 is 2. The highest BCUT2D eigenvalue weighted by Gasteiger charge is 2.16. The quantitative estimate of drug-likeness (QED) is 0.288. The van der Waals surface area contributed by atoms with Gasteiger partial charge in [0.2, 0.25) is 0 Å². The minimum atomic E-state index is 0.139. The molecule has 0 saturated carbocycles. The zero-order valence-corrected chi connectivity index (χ0v) is 18.7. The van der Waals surface area contributed by atoms with Crippen LogP contribution in [0, 0.1) is 0 Å². The van der Waals surface area contributed by atoms with Gasteiger partial charge in [-0.1, -0.05) is 12.1 Å². The Hall–Kier alpha value is -4.37. The highest BCUT2D eigenvalue weighted by atomic mass is 16.5. The number of benzene rings is 3. The van der Waals surface area contributed by atoms with Crippen LogP contribution in [-0.2, 0) is 4.74 Å². The summed E-state index contributed by atoms with van der Waals surface area (Å²) >= 11 is 0. The normalized spacial score (nSPS) is 11.1. The number of aromatic hydroxyl groups is 1. The fourth-order valence-electron chi connectivity index (χ4n) is 3.67. The summed E-state index contributed by atoms with van der Waals surface area (Å²) in [6, 6.07) is 16.4. The van der Waals surface area contributed by atoms with Crippen molar-refractivity contribution in [2.75, 3.05) is 32.8 Å². The van der Waals surface area contributed by atoms with Crippen LogP contribution in [0.15, 0.2) is 60.8 Å². The van der Waals surface area contributed by atoms with Crippen LogP contribution < -0.4 is 14.8 Å². The highest BCUT2D eigenvalue weighted by molar-refractivity contribution is 5.95. The summed E-state index contributed by atoms with van der Waals surface area (Å²) in [5.74, 6) is 2.31. The van der Waals surface area contributed by atoms with Crippen LogP contribution in [0.4, 0.5) is 11.5 Å². The van der Waals surface area contributed by atoms with E-state index in [-0.39, 0.29) is 5.75 Å². The Morgan fingerprint density at radius 2 is 1.88 bits per heavy atom. The Kier molecular flexibility index (Phi) is 5.84. The lowest BCUT2D eigenvalue weighted by atomic mass is 10.1. The SMILES string of the molecule is COCCOc1cc2c(Nc3ccc4[nH]ncc4c3)nc(-c3cccc(O)c3)nc2cc1OC. The van der Waals surface area contributed by atoms with Crippen LogP contribution in [0.3, 0.4) is 0 Å². The molecule has 9 nitrogen and oxygen atoms in total. The van der Waals surface area contributed by atoms with Gasteiger partial charge in [0.15, 0.2) is 17.3 Å². The molecule has 0 bridgehead atoms. The van der Waals surface area contributed by atoms with Crippen molar-refractivity contribution >= 4 is 33.3 Å². The molecule has 0 atom stereocenters. The van der Waals surface area contributed by atoms with E-state index in [2.05, 4.69) is 15.5 Å². The van der Waals surface area contributed by atoms with Crippen molar-refractivity contribution in [1.82, 2.24) is 20.2 Å². The molecule has 0 radical (unpaired) electrons. The molecule has 3 N–H and O–H groups in total. The zero-order chi connectivity index (χ0) is 23.5. The summed E-state index contributed by atoms with van der Waals surface area (Å²) in [5.41, 5.74) is 3.14. The van der Waals surface area contributed by atoms with Gasteiger partial charge in [-0.15, -0.1) is 0 Å². The van der Waals surface area contributed by atoms with Gasteiger partial charge in [-0.25, -0.2) is 9.97 Å². The Bertz CT molecular complexity index is 1470. The Labute approximate surface area is 195 Å². The van der Waals surface area contributed by atoms with Gasteiger partial charge >= 0.3 is 0 Å². The van der Waals surface area contributed by atoms with E-state index >= 15 is 0 Å². The molecule has 5 rings (SSSR count). The molecular weight excluding hydrogens is 434 g/mol. The van der Waals surface area contributed by atoms with E-state index in [9.17, 15) is 5.11 Å². The first-order chi connectivity index (χ1) is 16.6. The van der Waals surface area contributed by atoms with Gasteiger partial charge in [-0.2, -0.15) is 5.10 Å². The molecule has 0 aliphatic heterocycles. The molecule has 2 heterocycles. The smallest absolute Gasteiger partial charge is 0.162 e. The number of ether oxygens (including phenoxy) is 3. The van der Waals surface area contributed by atoms with Gasteiger partial charge in [0.25, 0.3) is 0 Å². The third kappa shape index (κ3) is 4.28. The fraction of sp³-hybridized carbons (Fsp3) is 0.160. The van der Waals surface area contributed by atoms with Crippen molar-refractivity contribution in [3.05, 3.63) is 60.8 Å². The first-order valence-corrected chi connectivity index (χ1v) is 10.7. The van der Waals surface area contributed by atoms with Gasteiger partial charge in [0.05, 0.1) is 30.9 Å². The van der Waals surface area contributed by atoms with Crippen LogP contribution in [0.5, 0.6) is 17.2 Å². The molecule has 5 aromatic rings. The number of aromatic nitrogens is 4. The lowest BCUT2D eigenvalue weighted by Crippen LogP contribution is -2.06. The van der Waals surface area contributed by atoms with E-state index in [1.54, 1.807) is 38.6 Å². The fourth-order valence-corrected chi connectivity index (χ4v) is 3.67. The third-order valence-electron chi connectivity index (χ3n) is 5.33. The number of anilines is 2. The van der Waals surface area contributed by atoms with Gasteiger partial charge < -0.3 is 24.6 Å². The number of fused-ring (bicyclic) bond motifs is 2. The number of rotatable bonds is 8. The van der Waals surface area contributed by atoms with Crippen LogP contribution in [0.1, 0.15) is 0 Å². The third-order valence-corrected chi connectivity index (χ3v) is 5.33. The van der Waals surface area contributed by atoms with Crippen LogP contribution in [0.25, 0.3) is 33.2 Å². The van der Waals surface area contributed by atoms with Crippen LogP contribution in [0.2, 0.25) is 0 Å². The van der Waals surface area contributed by atoms with Crippen molar-refractivity contribution in [2.45, 2.75) is 0 Å². The molecule has 34 heavy (non-hydrogen) atoms. The van der Waals surface area contributed by atoms with E-state index in [4.69, 9.17) is 24.2 Å². The summed E-state index contributed by atoms with van der Waals surface area (Å²) in [7, 11) is 3.21. The summed E-state index contributed by atoms with van der Waals surface area (Å²) < 4.78 is 16.5. The van der Waals surface area contributed by atoms with Crippen molar-refractivity contribution in [3.8, 4) is 28.6 Å². The molecule has 3 aromatic carbocycles. The second-order valence-electron chi connectivity index (χ2n) is 7.60. The first-order valence-electron chi connectivity index (χ1n) is 10.7. The summed E-state index contributed by atoms with van der Waals surface area (Å²) in [5, 5.41) is 22.1. The molecule has 0 aliphatic rings. The highest BCUT2D eigenvalue weighted by Crippen LogP contribution is 2.37. The predicted octanol–water partition coefficient (Wildman–Crippen LogP) is 4.66. The first kappa shape index (κ1) is 21.5. The van der Waals surface area contributed by atoms with E-state index < -0.39 is 0 Å². The minimum absolute atomic E-state index is 0.139. The van der Waals surface area contributed by atoms with E-state index in [1.807, 2.05) is 36.4 Å². The van der Waals surface area contributed by atoms with Gasteiger partial charge in [-0.3, -0.25) is 5.10 Å². The maximum absolute atomic E-state index is 9.97. The number of hydrogen-bond acceptors (Lipinski definition) is 8. The second-order valence-corrected chi connectivity index (χ2v) is 7.60. The number of phenols is 1. The molecule has 0 amide bonds. The maximum atomic E-state index is 9.97. The molecule has 172 valence electrons. The lowest BCUT2D eigenvalue weighted by Gasteiger charge is -2.15. The van der Waals surface area contributed by atoms with E-state index in [1.165, 1.54) is 0 Å². The van der Waals surface area contributed by atoms with Gasteiger partial charge in [-0.05, 0) is 36.4 Å². The number of nitrogens with zero attached hydrogens (tertiary/aromatic N) is 3. The zero-order valence-electron chi connectivity index (χ0n) is 18.7. The summed E-state index contributed by atoms with van der Waals surface area (Å²) in [4.78, 5) is 9.53. The van der Waals surface area contributed by atoms with E-state index in [0.717, 1.165) is 22.0 Å². The largest absolute Gasteiger partial charge is 0.508 e. The molecule has 0 spiro atoms. The number of aromatic amines is 1. The molecule has 0 saturated heterocycles. The average Bonchev–Trinajstić information content (AvgIpc) is 3.32. The topological polar surface area (TPSA) is 114 Å². The van der Waals surface area contributed by atoms with Crippen LogP contribution >= 0.6 is 0 Å². The Morgan fingerprint density at radius 1 is 0.971 bits per heavy atom. The molecule has 0 fully saturated rings. The lowest BCUT2D eigenvalue weighted by molar-refractivity contribution is 0.144. The molecule has 0 aliphatic carbocycles. The van der Waals surface area contributed by atoms with E-state index in [0.29, 0.717) is 47.4 Å². The Balaban J connectivity index is 1.65. The van der Waals surface area contributed by atoms with Crippen molar-refractivity contribution in [1.29, 1.82) is 0 Å². The minimum Gasteiger partial charge on any atom is -0.508 e. The molecular formula is C25H23N5O4. The molecule has 9 heteroatoms. The van der Waals surface area contributed by atoms with Crippen molar-refractivity contribution in [3.63, 3.8) is 0 Å². The number of H-pyrrole nitrogens is 1. The van der Waals surface area contributed by atoms with Crippen molar-refractivity contribution < 1.29 is 19.3 Å².